The largest absolute Gasteiger partial charge is 0.483 e. The maximum absolute atomic E-state index is 13.3. The molecule has 0 aromatic heterocycles. The normalized spacial score (nSPS) is 11.9. The third-order valence-electron chi connectivity index (χ3n) is 5.53. The lowest BCUT2D eigenvalue weighted by molar-refractivity contribution is -0.143. The van der Waals surface area contributed by atoms with Crippen LogP contribution in [0.15, 0.2) is 36.4 Å². The molecule has 0 aliphatic rings. The van der Waals surface area contributed by atoms with Gasteiger partial charge in [0.25, 0.3) is 5.91 Å². The summed E-state index contributed by atoms with van der Waals surface area (Å²) in [7, 11) is 0. The van der Waals surface area contributed by atoms with Gasteiger partial charge in [0, 0.05) is 12.6 Å². The smallest absolute Gasteiger partial charge is 0.261 e. The zero-order valence-corrected chi connectivity index (χ0v) is 19.9. The topological polar surface area (TPSA) is 58.6 Å². The SMILES string of the molecule is CC[C@@H](C(=O)NC(C)C)N(Cc1ccccc1C)C(=O)COc1cc(C)cc(C)c1C. The molecule has 0 bridgehead atoms. The van der Waals surface area contributed by atoms with Crippen molar-refractivity contribution >= 4 is 11.8 Å². The minimum absolute atomic E-state index is 0.00568. The van der Waals surface area contributed by atoms with Crippen LogP contribution in [-0.4, -0.2) is 35.4 Å². The van der Waals surface area contributed by atoms with Gasteiger partial charge in [-0.25, -0.2) is 0 Å². The molecule has 5 nitrogen and oxygen atoms in total. The second-order valence-electron chi connectivity index (χ2n) is 8.53. The molecule has 1 N–H and O–H groups in total. The Balaban J connectivity index is 2.29. The lowest BCUT2D eigenvalue weighted by Crippen LogP contribution is -2.51. The summed E-state index contributed by atoms with van der Waals surface area (Å²) in [6.45, 7) is 14.1. The molecule has 0 heterocycles. The van der Waals surface area contributed by atoms with Crippen molar-refractivity contribution in [2.75, 3.05) is 6.61 Å². The molecule has 2 aromatic rings. The molecular weight excluding hydrogens is 388 g/mol. The summed E-state index contributed by atoms with van der Waals surface area (Å²) in [5.41, 5.74) is 5.35. The van der Waals surface area contributed by atoms with Crippen molar-refractivity contribution in [1.82, 2.24) is 10.2 Å². The van der Waals surface area contributed by atoms with Gasteiger partial charge in [-0.3, -0.25) is 9.59 Å². The second-order valence-corrected chi connectivity index (χ2v) is 8.53. The van der Waals surface area contributed by atoms with E-state index in [9.17, 15) is 9.59 Å². The molecule has 2 amide bonds. The Bertz CT molecular complexity index is 921. The molecule has 31 heavy (non-hydrogen) atoms. The Morgan fingerprint density at radius 3 is 2.32 bits per heavy atom. The van der Waals surface area contributed by atoms with Crippen molar-refractivity contribution in [3.05, 3.63) is 64.2 Å². The Hall–Kier alpha value is -2.82. The van der Waals surface area contributed by atoms with Crippen LogP contribution in [0.4, 0.5) is 0 Å². The monoisotopic (exact) mass is 424 g/mol. The van der Waals surface area contributed by atoms with Crippen LogP contribution in [-0.2, 0) is 16.1 Å². The summed E-state index contributed by atoms with van der Waals surface area (Å²) >= 11 is 0. The first-order valence-corrected chi connectivity index (χ1v) is 11.0. The van der Waals surface area contributed by atoms with Crippen LogP contribution in [0.5, 0.6) is 5.75 Å². The molecule has 0 fully saturated rings. The third-order valence-corrected chi connectivity index (χ3v) is 5.53. The van der Waals surface area contributed by atoms with Crippen molar-refractivity contribution in [2.24, 2.45) is 0 Å². The van der Waals surface area contributed by atoms with E-state index in [2.05, 4.69) is 11.4 Å². The van der Waals surface area contributed by atoms with Gasteiger partial charge >= 0.3 is 0 Å². The Kier molecular flexibility index (Phi) is 8.66. The van der Waals surface area contributed by atoms with Gasteiger partial charge in [0.2, 0.25) is 5.91 Å². The average molecular weight is 425 g/mol. The van der Waals surface area contributed by atoms with E-state index in [-0.39, 0.29) is 24.5 Å². The van der Waals surface area contributed by atoms with Crippen LogP contribution in [0.1, 0.15) is 55.0 Å². The molecular formula is C26H36N2O3. The van der Waals surface area contributed by atoms with E-state index in [1.807, 2.05) is 78.8 Å². The Labute approximate surface area is 186 Å². The van der Waals surface area contributed by atoms with E-state index in [1.54, 1.807) is 4.90 Å². The fourth-order valence-electron chi connectivity index (χ4n) is 3.64. The third kappa shape index (κ3) is 6.58. The van der Waals surface area contributed by atoms with Crippen molar-refractivity contribution in [2.45, 2.75) is 73.5 Å². The number of rotatable bonds is 9. The number of aryl methyl sites for hydroxylation is 3. The van der Waals surface area contributed by atoms with E-state index < -0.39 is 6.04 Å². The van der Waals surface area contributed by atoms with Crippen LogP contribution in [0.3, 0.4) is 0 Å². The zero-order valence-electron chi connectivity index (χ0n) is 19.9. The lowest BCUT2D eigenvalue weighted by Gasteiger charge is -2.31. The van der Waals surface area contributed by atoms with Crippen molar-refractivity contribution in [3.8, 4) is 5.75 Å². The second kappa shape index (κ2) is 11.0. The van der Waals surface area contributed by atoms with Gasteiger partial charge in [-0.15, -0.1) is 0 Å². The van der Waals surface area contributed by atoms with Gasteiger partial charge in [-0.1, -0.05) is 37.3 Å². The van der Waals surface area contributed by atoms with Crippen LogP contribution in [0, 0.1) is 27.7 Å². The van der Waals surface area contributed by atoms with Crippen LogP contribution in [0.2, 0.25) is 0 Å². The molecule has 0 saturated carbocycles. The molecule has 5 heteroatoms. The van der Waals surface area contributed by atoms with Crippen molar-refractivity contribution < 1.29 is 14.3 Å². The van der Waals surface area contributed by atoms with E-state index >= 15 is 0 Å². The van der Waals surface area contributed by atoms with Gasteiger partial charge < -0.3 is 15.0 Å². The van der Waals surface area contributed by atoms with E-state index in [0.717, 1.165) is 27.8 Å². The summed E-state index contributed by atoms with van der Waals surface area (Å²) in [6.07, 6.45) is 0.527. The molecule has 0 aliphatic carbocycles. The Morgan fingerprint density at radius 1 is 1.03 bits per heavy atom. The first kappa shape index (κ1) is 24.4. The number of hydrogen-bond donors (Lipinski definition) is 1. The molecule has 0 spiro atoms. The fraction of sp³-hybridized carbons (Fsp3) is 0.462. The first-order chi connectivity index (χ1) is 14.6. The lowest BCUT2D eigenvalue weighted by atomic mass is 10.1. The maximum Gasteiger partial charge on any atom is 0.261 e. The summed E-state index contributed by atoms with van der Waals surface area (Å²) in [5, 5.41) is 2.95. The molecule has 1 atom stereocenters. The van der Waals surface area contributed by atoms with Crippen LogP contribution < -0.4 is 10.1 Å². The minimum atomic E-state index is -0.557. The molecule has 0 saturated heterocycles. The maximum atomic E-state index is 13.3. The molecule has 2 aromatic carbocycles. The number of hydrogen-bond acceptors (Lipinski definition) is 3. The first-order valence-electron chi connectivity index (χ1n) is 11.0. The number of ether oxygens (including phenoxy) is 1. The highest BCUT2D eigenvalue weighted by Gasteiger charge is 2.29. The molecule has 0 aliphatic heterocycles. The van der Waals surface area contributed by atoms with Crippen molar-refractivity contribution in [1.29, 1.82) is 0 Å². The zero-order chi connectivity index (χ0) is 23.1. The number of benzene rings is 2. The summed E-state index contributed by atoms with van der Waals surface area (Å²) < 4.78 is 5.94. The number of nitrogens with one attached hydrogen (secondary N) is 1. The highest BCUT2D eigenvalue weighted by Crippen LogP contribution is 2.24. The van der Waals surface area contributed by atoms with E-state index in [1.165, 1.54) is 0 Å². The van der Waals surface area contributed by atoms with E-state index in [0.29, 0.717) is 18.7 Å². The van der Waals surface area contributed by atoms with Gasteiger partial charge in [0.1, 0.15) is 11.8 Å². The number of carbonyl (C=O) groups is 2. The molecule has 2 rings (SSSR count). The highest BCUT2D eigenvalue weighted by atomic mass is 16.5. The Morgan fingerprint density at radius 2 is 1.71 bits per heavy atom. The molecule has 0 unspecified atom stereocenters. The highest BCUT2D eigenvalue weighted by molar-refractivity contribution is 5.88. The predicted molar refractivity (Wildman–Crippen MR) is 125 cm³/mol. The molecule has 0 radical (unpaired) electrons. The average Bonchev–Trinajstić information content (AvgIpc) is 2.70. The quantitative estimate of drug-likeness (QED) is 0.638. The summed E-state index contributed by atoms with van der Waals surface area (Å²) in [6, 6.07) is 11.4. The van der Waals surface area contributed by atoms with Crippen LogP contribution >= 0.6 is 0 Å². The van der Waals surface area contributed by atoms with E-state index in [4.69, 9.17) is 4.74 Å². The van der Waals surface area contributed by atoms with Crippen molar-refractivity contribution in [3.63, 3.8) is 0 Å². The number of amides is 2. The minimum Gasteiger partial charge on any atom is -0.483 e. The van der Waals surface area contributed by atoms with Gasteiger partial charge in [0.15, 0.2) is 6.61 Å². The van der Waals surface area contributed by atoms with Gasteiger partial charge in [-0.2, -0.15) is 0 Å². The van der Waals surface area contributed by atoms with Crippen LogP contribution in [0.25, 0.3) is 0 Å². The van der Waals surface area contributed by atoms with Gasteiger partial charge in [-0.05, 0) is 81.8 Å². The summed E-state index contributed by atoms with van der Waals surface area (Å²) in [4.78, 5) is 27.9. The summed E-state index contributed by atoms with van der Waals surface area (Å²) in [5.74, 6) is 0.371. The number of carbonyl (C=O) groups excluding carboxylic acids is 2. The number of nitrogens with zero attached hydrogens (tertiary/aromatic N) is 1. The molecule has 168 valence electrons. The predicted octanol–water partition coefficient (Wildman–Crippen LogP) is 4.63. The standard InChI is InChI=1S/C26H36N2O3/c1-8-23(26(30)27-17(2)3)28(15-22-12-10-9-11-19(22)5)25(29)16-31-24-14-18(4)13-20(6)21(24)7/h9-14,17,23H,8,15-16H2,1-7H3,(H,27,30)/t23-/m0/s1. The fourth-order valence-corrected chi connectivity index (χ4v) is 3.64. The van der Waals surface area contributed by atoms with Gasteiger partial charge in [0.05, 0.1) is 0 Å².